The molecule has 0 amide bonds. The van der Waals surface area contributed by atoms with Gasteiger partial charge in [0.2, 0.25) is 5.88 Å². The van der Waals surface area contributed by atoms with Crippen LogP contribution in [0.4, 0.5) is 0 Å². The molecule has 0 aromatic rings. The molecule has 0 radical (unpaired) electrons. The van der Waals surface area contributed by atoms with E-state index in [1.54, 1.807) is 0 Å². The number of likely N-dealkylation sites (N-methyl/N-ethyl adjacent to an activating group) is 2. The molecule has 0 aromatic carbocycles. The summed E-state index contributed by atoms with van der Waals surface area (Å²) in [7, 11) is 6.65. The maximum absolute atomic E-state index is 6.16. The van der Waals surface area contributed by atoms with Crippen molar-refractivity contribution in [1.82, 2.24) is 14.7 Å². The molecule has 0 N–H and O–H groups in total. The monoisotopic (exact) mass is 325 g/mol. The fourth-order valence-corrected chi connectivity index (χ4v) is 3.09. The average molecular weight is 326 g/mol. The van der Waals surface area contributed by atoms with Gasteiger partial charge in [-0.3, -0.25) is 4.90 Å². The minimum atomic E-state index is 0.391. The van der Waals surface area contributed by atoms with Crippen LogP contribution >= 0.6 is 0 Å². The summed E-state index contributed by atoms with van der Waals surface area (Å²) in [6, 6.07) is 0.391. The molecule has 0 saturated heterocycles. The van der Waals surface area contributed by atoms with Gasteiger partial charge < -0.3 is 14.5 Å². The zero-order valence-electron chi connectivity index (χ0n) is 16.4. The molecule has 0 saturated carbocycles. The third-order valence-electron chi connectivity index (χ3n) is 4.76. The highest BCUT2D eigenvalue weighted by Crippen LogP contribution is 2.28. The summed E-state index contributed by atoms with van der Waals surface area (Å²) in [5.41, 5.74) is 1.38. The Hall–Kier alpha value is -0.900. The summed E-state index contributed by atoms with van der Waals surface area (Å²) in [5, 5.41) is 0. The second-order valence-electron chi connectivity index (χ2n) is 6.90. The lowest BCUT2D eigenvalue weighted by molar-refractivity contribution is 0.122. The van der Waals surface area contributed by atoms with Gasteiger partial charge in [0.1, 0.15) is 6.61 Å². The lowest BCUT2D eigenvalue weighted by Gasteiger charge is -2.31. The van der Waals surface area contributed by atoms with E-state index in [0.717, 1.165) is 32.1 Å². The van der Waals surface area contributed by atoms with Crippen LogP contribution in [-0.2, 0) is 4.74 Å². The summed E-state index contributed by atoms with van der Waals surface area (Å²) in [5.74, 6) is 1.10. The molecule has 4 nitrogen and oxygen atoms in total. The van der Waals surface area contributed by atoms with Crippen molar-refractivity contribution in [2.45, 2.75) is 65.3 Å². The van der Waals surface area contributed by atoms with Crippen molar-refractivity contribution in [3.05, 3.63) is 11.6 Å². The van der Waals surface area contributed by atoms with Crippen molar-refractivity contribution in [3.63, 3.8) is 0 Å². The molecule has 1 rings (SSSR count). The minimum Gasteiger partial charge on any atom is -0.476 e. The van der Waals surface area contributed by atoms with Gasteiger partial charge in [-0.25, -0.2) is 0 Å². The zero-order chi connectivity index (χ0) is 17.2. The van der Waals surface area contributed by atoms with Crippen LogP contribution in [0, 0.1) is 0 Å². The molecule has 0 fully saturated rings. The van der Waals surface area contributed by atoms with Crippen LogP contribution in [0.5, 0.6) is 0 Å². The smallest absolute Gasteiger partial charge is 0.210 e. The van der Waals surface area contributed by atoms with Gasteiger partial charge >= 0.3 is 0 Å². The molecule has 0 aliphatic carbocycles. The van der Waals surface area contributed by atoms with E-state index >= 15 is 0 Å². The van der Waals surface area contributed by atoms with Crippen LogP contribution in [0.2, 0.25) is 0 Å². The molecule has 136 valence electrons. The summed E-state index contributed by atoms with van der Waals surface area (Å²) in [6.45, 7) is 10.9. The van der Waals surface area contributed by atoms with Gasteiger partial charge in [0.05, 0.1) is 11.7 Å². The van der Waals surface area contributed by atoms with Crippen LogP contribution in [0.3, 0.4) is 0 Å². The predicted octanol–water partition coefficient (Wildman–Crippen LogP) is 3.75. The number of rotatable bonds is 12. The molecule has 1 atom stereocenters. The van der Waals surface area contributed by atoms with E-state index < -0.39 is 0 Å². The molecule has 1 heterocycles. The van der Waals surface area contributed by atoms with Gasteiger partial charge in [-0.05, 0) is 32.9 Å². The van der Waals surface area contributed by atoms with Gasteiger partial charge in [0, 0.05) is 27.2 Å². The van der Waals surface area contributed by atoms with E-state index in [2.05, 4.69) is 56.6 Å². The Morgan fingerprint density at radius 1 is 0.826 bits per heavy atom. The van der Waals surface area contributed by atoms with Gasteiger partial charge in [-0.15, -0.1) is 0 Å². The Bertz CT molecular complexity index is 357. The maximum Gasteiger partial charge on any atom is 0.210 e. The molecule has 0 spiro atoms. The lowest BCUT2D eigenvalue weighted by Crippen LogP contribution is -2.40. The molecule has 1 aliphatic rings. The highest BCUT2D eigenvalue weighted by molar-refractivity contribution is 5.19. The first-order chi connectivity index (χ1) is 11.1. The Morgan fingerprint density at radius 3 is 1.91 bits per heavy atom. The summed E-state index contributed by atoms with van der Waals surface area (Å²) >= 11 is 0. The standard InChI is InChI=1S/C19H39N3O/c1-7-10-13-20(4)17-16-23-19(22(6)15-12-9-3)18(17)21(5)14-11-8-2/h17H,7-16H2,1-6H3. The minimum absolute atomic E-state index is 0.391. The Labute approximate surface area is 144 Å². The number of ether oxygens (including phenoxy) is 1. The first-order valence-corrected chi connectivity index (χ1v) is 9.56. The molecular formula is C19H39N3O. The van der Waals surface area contributed by atoms with E-state index in [1.807, 2.05) is 0 Å². The molecule has 0 bridgehead atoms. The van der Waals surface area contributed by atoms with Crippen molar-refractivity contribution < 1.29 is 4.74 Å². The maximum atomic E-state index is 6.16. The number of hydrogen-bond acceptors (Lipinski definition) is 4. The molecule has 23 heavy (non-hydrogen) atoms. The fraction of sp³-hybridized carbons (Fsp3) is 0.895. The van der Waals surface area contributed by atoms with E-state index in [1.165, 1.54) is 44.2 Å². The number of nitrogens with zero attached hydrogens (tertiary/aromatic N) is 3. The summed E-state index contributed by atoms with van der Waals surface area (Å²) < 4.78 is 6.16. The van der Waals surface area contributed by atoms with Crippen molar-refractivity contribution in [2.75, 3.05) is 47.4 Å². The lowest BCUT2D eigenvalue weighted by atomic mass is 10.1. The van der Waals surface area contributed by atoms with Gasteiger partial charge in [-0.1, -0.05) is 40.0 Å². The van der Waals surface area contributed by atoms with E-state index in [9.17, 15) is 0 Å². The van der Waals surface area contributed by atoms with Crippen LogP contribution in [0.25, 0.3) is 0 Å². The molecule has 1 aliphatic heterocycles. The van der Waals surface area contributed by atoms with Gasteiger partial charge in [0.25, 0.3) is 0 Å². The Balaban J connectivity index is 2.90. The van der Waals surface area contributed by atoms with Crippen LogP contribution in [-0.4, -0.2) is 68.1 Å². The Morgan fingerprint density at radius 2 is 1.35 bits per heavy atom. The third-order valence-corrected chi connectivity index (χ3v) is 4.76. The quantitative estimate of drug-likeness (QED) is 0.544. The number of unbranched alkanes of at least 4 members (excludes halogenated alkanes) is 3. The van der Waals surface area contributed by atoms with Crippen LogP contribution in [0.1, 0.15) is 59.3 Å². The summed E-state index contributed by atoms with van der Waals surface area (Å²) in [6.07, 6.45) is 7.39. The highest BCUT2D eigenvalue weighted by atomic mass is 16.5. The highest BCUT2D eigenvalue weighted by Gasteiger charge is 2.34. The SMILES string of the molecule is CCCCN(C)C1=C(N(C)CCCC)C(N(C)CCCC)CO1. The Kier molecular flexibility index (Phi) is 9.46. The average Bonchev–Trinajstić information content (AvgIpc) is 3.00. The predicted molar refractivity (Wildman–Crippen MR) is 99.4 cm³/mol. The normalized spacial score (nSPS) is 17.8. The molecule has 0 aromatic heterocycles. The van der Waals surface area contributed by atoms with E-state index in [0.29, 0.717) is 6.04 Å². The van der Waals surface area contributed by atoms with E-state index in [-0.39, 0.29) is 0 Å². The van der Waals surface area contributed by atoms with Gasteiger partial charge in [-0.2, -0.15) is 0 Å². The molecular weight excluding hydrogens is 286 g/mol. The van der Waals surface area contributed by atoms with Crippen molar-refractivity contribution in [1.29, 1.82) is 0 Å². The second-order valence-corrected chi connectivity index (χ2v) is 6.90. The molecule has 4 heteroatoms. The molecule has 1 unspecified atom stereocenters. The van der Waals surface area contributed by atoms with Crippen LogP contribution < -0.4 is 0 Å². The third kappa shape index (κ3) is 5.91. The first-order valence-electron chi connectivity index (χ1n) is 9.56. The van der Waals surface area contributed by atoms with Gasteiger partial charge in [0.15, 0.2) is 0 Å². The largest absolute Gasteiger partial charge is 0.476 e. The van der Waals surface area contributed by atoms with Crippen LogP contribution in [0.15, 0.2) is 11.6 Å². The zero-order valence-corrected chi connectivity index (χ0v) is 16.4. The summed E-state index contributed by atoms with van der Waals surface area (Å²) in [4.78, 5) is 7.22. The fourth-order valence-electron chi connectivity index (χ4n) is 3.09. The number of hydrogen-bond donors (Lipinski definition) is 0. The van der Waals surface area contributed by atoms with Crippen molar-refractivity contribution in [3.8, 4) is 0 Å². The van der Waals surface area contributed by atoms with Crippen molar-refractivity contribution in [2.24, 2.45) is 0 Å². The van der Waals surface area contributed by atoms with E-state index in [4.69, 9.17) is 4.74 Å². The second kappa shape index (κ2) is 10.8. The van der Waals surface area contributed by atoms with Crippen molar-refractivity contribution >= 4 is 0 Å². The first kappa shape index (κ1) is 20.1. The topological polar surface area (TPSA) is 19.0 Å².